The fraction of sp³-hybridized carbons (Fsp3) is 0.182. The Morgan fingerprint density at radius 3 is 2.67 bits per heavy atom. The van der Waals surface area contributed by atoms with Crippen molar-refractivity contribution in [3.8, 4) is 0 Å². The van der Waals surface area contributed by atoms with Crippen molar-refractivity contribution in [1.29, 1.82) is 0 Å². The van der Waals surface area contributed by atoms with E-state index in [9.17, 15) is 0 Å². The van der Waals surface area contributed by atoms with E-state index in [4.69, 9.17) is 5.73 Å². The second-order valence-electron chi connectivity index (χ2n) is 3.51. The number of benzene rings is 1. The molecule has 0 saturated carbocycles. The van der Waals surface area contributed by atoms with Crippen molar-refractivity contribution in [3.63, 3.8) is 0 Å². The van der Waals surface area contributed by atoms with Gasteiger partial charge in [-0.1, -0.05) is 18.2 Å². The molecule has 2 rings (SSSR count). The summed E-state index contributed by atoms with van der Waals surface area (Å²) in [5, 5.41) is 6.78. The second kappa shape index (κ2) is 4.04. The van der Waals surface area contributed by atoms with Crippen molar-refractivity contribution in [1.82, 2.24) is 10.2 Å². The topological polar surface area (TPSA) is 57.9 Å². The molecular weight excluding hydrogens is 188 g/mol. The van der Waals surface area contributed by atoms with E-state index in [1.54, 1.807) is 0 Å². The molecule has 1 heterocycles. The Labute approximate surface area is 88.7 Å². The smallest absolute Gasteiger partial charge is 0.145 e. The molecule has 78 valence electrons. The Morgan fingerprint density at radius 2 is 2.07 bits per heavy atom. The summed E-state index contributed by atoms with van der Waals surface area (Å²) in [5.41, 5.74) is 7.72. The maximum atomic E-state index is 5.53. The van der Waals surface area contributed by atoms with Crippen molar-refractivity contribution in [2.24, 2.45) is 0 Å². The normalized spacial score (nSPS) is 10.2. The molecule has 0 aliphatic heterocycles. The minimum atomic E-state index is 0.534. The van der Waals surface area contributed by atoms with Gasteiger partial charge in [-0.15, -0.1) is 0 Å². The fourth-order valence-electron chi connectivity index (χ4n) is 1.49. The number of hydrogen-bond acceptors (Lipinski definition) is 3. The van der Waals surface area contributed by atoms with Crippen molar-refractivity contribution in [3.05, 3.63) is 42.1 Å². The van der Waals surface area contributed by atoms with Crippen molar-refractivity contribution >= 4 is 11.5 Å². The molecule has 0 atom stereocenters. The number of nitrogens with two attached hydrogens (primary N) is 1. The van der Waals surface area contributed by atoms with Gasteiger partial charge in [0.05, 0.1) is 12.2 Å². The van der Waals surface area contributed by atoms with E-state index in [0.717, 1.165) is 12.2 Å². The van der Waals surface area contributed by atoms with E-state index in [0.29, 0.717) is 5.82 Å². The maximum absolute atomic E-state index is 5.53. The first-order chi connectivity index (χ1) is 7.25. The minimum Gasteiger partial charge on any atom is -0.382 e. The van der Waals surface area contributed by atoms with Crippen molar-refractivity contribution < 1.29 is 0 Å². The molecule has 4 nitrogen and oxygen atoms in total. The molecule has 3 N–H and O–H groups in total. The highest BCUT2D eigenvalue weighted by Crippen LogP contribution is 2.14. The zero-order valence-corrected chi connectivity index (χ0v) is 8.64. The molecule has 0 bridgehead atoms. The molecule has 4 heteroatoms. The monoisotopic (exact) mass is 202 g/mol. The molecule has 0 radical (unpaired) electrons. The highest BCUT2D eigenvalue weighted by Gasteiger charge is 2.03. The molecule has 0 saturated heterocycles. The molecule has 15 heavy (non-hydrogen) atoms. The SMILES string of the molecule is CN(Cc1cc(N)n[nH]1)c1ccccc1. The van der Waals surface area contributed by atoms with Gasteiger partial charge in [0.2, 0.25) is 0 Å². The van der Waals surface area contributed by atoms with E-state index in [1.165, 1.54) is 5.69 Å². The van der Waals surface area contributed by atoms with E-state index in [1.807, 2.05) is 31.3 Å². The first kappa shape index (κ1) is 9.58. The van der Waals surface area contributed by atoms with Crippen LogP contribution in [0.4, 0.5) is 11.5 Å². The first-order valence-corrected chi connectivity index (χ1v) is 4.81. The van der Waals surface area contributed by atoms with Crippen LogP contribution in [-0.2, 0) is 6.54 Å². The minimum absolute atomic E-state index is 0.534. The molecule has 1 aromatic carbocycles. The van der Waals surface area contributed by atoms with Crippen LogP contribution in [0, 0.1) is 0 Å². The summed E-state index contributed by atoms with van der Waals surface area (Å²) in [6.07, 6.45) is 0. The molecule has 0 spiro atoms. The van der Waals surface area contributed by atoms with E-state index >= 15 is 0 Å². The zero-order valence-electron chi connectivity index (χ0n) is 8.64. The number of rotatable bonds is 3. The standard InChI is InChI=1S/C11H14N4/c1-15(10-5-3-2-4-6-10)8-9-7-11(12)14-13-9/h2-7H,8H2,1H3,(H3,12,13,14). The summed E-state index contributed by atoms with van der Waals surface area (Å²) < 4.78 is 0. The average molecular weight is 202 g/mol. The maximum Gasteiger partial charge on any atom is 0.145 e. The van der Waals surface area contributed by atoms with Gasteiger partial charge in [0.15, 0.2) is 0 Å². The first-order valence-electron chi connectivity index (χ1n) is 4.81. The third-order valence-corrected chi connectivity index (χ3v) is 2.26. The summed E-state index contributed by atoms with van der Waals surface area (Å²) >= 11 is 0. The van der Waals surface area contributed by atoms with Gasteiger partial charge in [-0.25, -0.2) is 0 Å². The second-order valence-corrected chi connectivity index (χ2v) is 3.51. The van der Waals surface area contributed by atoms with Crippen LogP contribution in [0.2, 0.25) is 0 Å². The lowest BCUT2D eigenvalue weighted by Crippen LogP contribution is -2.16. The van der Waals surface area contributed by atoms with Crippen LogP contribution in [0.15, 0.2) is 36.4 Å². The van der Waals surface area contributed by atoms with Gasteiger partial charge in [-0.2, -0.15) is 5.10 Å². The van der Waals surface area contributed by atoms with Gasteiger partial charge < -0.3 is 10.6 Å². The van der Waals surface area contributed by atoms with Gasteiger partial charge in [0.1, 0.15) is 5.82 Å². The number of anilines is 2. The van der Waals surface area contributed by atoms with Crippen molar-refractivity contribution in [2.45, 2.75) is 6.54 Å². The molecule has 2 aromatic rings. The summed E-state index contributed by atoms with van der Waals surface area (Å²) in [5.74, 6) is 0.534. The summed E-state index contributed by atoms with van der Waals surface area (Å²) in [6, 6.07) is 12.0. The quantitative estimate of drug-likeness (QED) is 0.795. The highest BCUT2D eigenvalue weighted by molar-refractivity contribution is 5.45. The molecule has 0 aliphatic carbocycles. The van der Waals surface area contributed by atoms with E-state index < -0.39 is 0 Å². The van der Waals surface area contributed by atoms with Gasteiger partial charge >= 0.3 is 0 Å². The third kappa shape index (κ3) is 2.28. The number of aromatic amines is 1. The zero-order chi connectivity index (χ0) is 10.7. The van der Waals surface area contributed by atoms with Gasteiger partial charge in [0.25, 0.3) is 0 Å². The Kier molecular flexibility index (Phi) is 2.58. The summed E-state index contributed by atoms with van der Waals surface area (Å²) in [7, 11) is 2.03. The predicted octanol–water partition coefficient (Wildman–Crippen LogP) is 1.63. The summed E-state index contributed by atoms with van der Waals surface area (Å²) in [4.78, 5) is 2.13. The predicted molar refractivity (Wildman–Crippen MR) is 61.5 cm³/mol. The molecule has 0 fully saturated rings. The van der Waals surface area contributed by atoms with E-state index in [2.05, 4.69) is 27.2 Å². The Balaban J connectivity index is 2.07. The molecule has 1 aromatic heterocycles. The Morgan fingerprint density at radius 1 is 1.33 bits per heavy atom. The lowest BCUT2D eigenvalue weighted by Gasteiger charge is -2.17. The summed E-state index contributed by atoms with van der Waals surface area (Å²) in [6.45, 7) is 0.772. The van der Waals surface area contributed by atoms with Crippen molar-refractivity contribution in [2.75, 3.05) is 17.7 Å². The molecule has 0 aliphatic rings. The largest absolute Gasteiger partial charge is 0.382 e. The molecule has 0 unspecified atom stereocenters. The average Bonchev–Trinajstić information content (AvgIpc) is 2.65. The lowest BCUT2D eigenvalue weighted by molar-refractivity contribution is 0.870. The van der Waals surface area contributed by atoms with E-state index in [-0.39, 0.29) is 0 Å². The van der Waals surface area contributed by atoms with Crippen LogP contribution < -0.4 is 10.6 Å². The van der Waals surface area contributed by atoms with Crippen LogP contribution in [0.1, 0.15) is 5.69 Å². The number of nitrogens with zero attached hydrogens (tertiary/aromatic N) is 2. The molecular formula is C11H14N4. The van der Waals surface area contributed by atoms with Crippen LogP contribution in [0.25, 0.3) is 0 Å². The number of nitrogen functional groups attached to an aromatic ring is 1. The van der Waals surface area contributed by atoms with Crippen LogP contribution in [0.3, 0.4) is 0 Å². The number of para-hydroxylation sites is 1. The van der Waals surface area contributed by atoms with Crippen LogP contribution >= 0.6 is 0 Å². The highest BCUT2D eigenvalue weighted by atomic mass is 15.2. The number of H-pyrrole nitrogens is 1. The third-order valence-electron chi connectivity index (χ3n) is 2.26. The number of hydrogen-bond donors (Lipinski definition) is 2. The number of nitrogens with one attached hydrogen (secondary N) is 1. The Bertz CT molecular complexity index is 421. The van der Waals surface area contributed by atoms with Crippen LogP contribution in [-0.4, -0.2) is 17.2 Å². The Hall–Kier alpha value is -1.97. The van der Waals surface area contributed by atoms with Crippen LogP contribution in [0.5, 0.6) is 0 Å². The fourth-order valence-corrected chi connectivity index (χ4v) is 1.49. The number of aromatic nitrogens is 2. The van der Waals surface area contributed by atoms with Gasteiger partial charge in [-0.05, 0) is 12.1 Å². The van der Waals surface area contributed by atoms with Gasteiger partial charge in [-0.3, -0.25) is 5.10 Å². The molecule has 0 amide bonds. The lowest BCUT2D eigenvalue weighted by atomic mass is 10.3. The van der Waals surface area contributed by atoms with Gasteiger partial charge in [0, 0.05) is 18.8 Å².